The number of amides is 1. The van der Waals surface area contributed by atoms with Crippen molar-refractivity contribution in [3.63, 3.8) is 0 Å². The Hall–Kier alpha value is -2.31. The van der Waals surface area contributed by atoms with E-state index in [1.54, 1.807) is 23.1 Å². The van der Waals surface area contributed by atoms with Crippen molar-refractivity contribution in [2.24, 2.45) is 0 Å². The summed E-state index contributed by atoms with van der Waals surface area (Å²) in [6.07, 6.45) is 0. The third-order valence-corrected chi connectivity index (χ3v) is 5.81. The van der Waals surface area contributed by atoms with E-state index in [9.17, 15) is 4.79 Å². The predicted molar refractivity (Wildman–Crippen MR) is 108 cm³/mol. The van der Waals surface area contributed by atoms with Crippen molar-refractivity contribution in [3.05, 3.63) is 70.7 Å². The van der Waals surface area contributed by atoms with Crippen LogP contribution in [0.25, 0.3) is 0 Å². The average Bonchev–Trinajstić information content (AvgIpc) is 3.07. The van der Waals surface area contributed by atoms with Gasteiger partial charge in [0.15, 0.2) is 0 Å². The van der Waals surface area contributed by atoms with E-state index in [4.69, 9.17) is 4.74 Å². The fourth-order valence-electron chi connectivity index (χ4n) is 2.30. The first-order chi connectivity index (χ1) is 12.6. The average molecular weight is 385 g/mol. The molecule has 1 N–H and O–H groups in total. The molecule has 6 heteroatoms. The van der Waals surface area contributed by atoms with E-state index in [2.05, 4.69) is 15.7 Å². The number of nitrogens with zero attached hydrogens (tertiary/aromatic N) is 1. The van der Waals surface area contributed by atoms with Gasteiger partial charge >= 0.3 is 0 Å². The van der Waals surface area contributed by atoms with Crippen molar-refractivity contribution >= 4 is 34.7 Å². The molecule has 0 aliphatic carbocycles. The number of rotatable bonds is 7. The molecule has 2 aromatic carbocycles. The first-order valence-electron chi connectivity index (χ1n) is 8.32. The second-order valence-corrected chi connectivity index (χ2v) is 7.73. The van der Waals surface area contributed by atoms with E-state index in [-0.39, 0.29) is 5.91 Å². The molecule has 4 nitrogen and oxygen atoms in total. The zero-order valence-corrected chi connectivity index (χ0v) is 16.3. The van der Waals surface area contributed by atoms with Crippen LogP contribution in [0.4, 0.5) is 5.69 Å². The van der Waals surface area contributed by atoms with E-state index >= 15 is 0 Å². The lowest BCUT2D eigenvalue weighted by Crippen LogP contribution is -2.11. The topological polar surface area (TPSA) is 51.2 Å². The summed E-state index contributed by atoms with van der Waals surface area (Å²) in [5, 5.41) is 4.95. The van der Waals surface area contributed by atoms with Crippen LogP contribution in [-0.2, 0) is 5.75 Å². The first kappa shape index (κ1) is 18.5. The smallest absolute Gasteiger partial charge is 0.255 e. The van der Waals surface area contributed by atoms with Gasteiger partial charge in [0.1, 0.15) is 10.1 Å². The van der Waals surface area contributed by atoms with Crippen molar-refractivity contribution in [1.29, 1.82) is 0 Å². The number of aryl methyl sites for hydroxylation is 1. The molecule has 0 aliphatic heterocycles. The van der Waals surface area contributed by atoms with E-state index in [0.29, 0.717) is 12.2 Å². The summed E-state index contributed by atoms with van der Waals surface area (Å²) in [7, 11) is 0. The number of carbonyl (C=O) groups excluding carboxylic acids is 1. The minimum Gasteiger partial charge on any atom is -0.494 e. The van der Waals surface area contributed by atoms with Gasteiger partial charge in [-0.2, -0.15) is 0 Å². The highest BCUT2D eigenvalue weighted by atomic mass is 32.2. The van der Waals surface area contributed by atoms with Crippen molar-refractivity contribution in [3.8, 4) is 5.75 Å². The summed E-state index contributed by atoms with van der Waals surface area (Å²) in [6, 6.07) is 15.0. The highest BCUT2D eigenvalue weighted by Gasteiger charge is 2.07. The number of anilines is 1. The Labute approximate surface area is 161 Å². The van der Waals surface area contributed by atoms with Gasteiger partial charge in [0, 0.05) is 28.1 Å². The number of thioether (sulfide) groups is 1. The Morgan fingerprint density at radius 1 is 1.15 bits per heavy atom. The normalized spacial score (nSPS) is 10.5. The molecule has 134 valence electrons. The molecule has 0 saturated heterocycles. The van der Waals surface area contributed by atoms with Crippen molar-refractivity contribution in [2.45, 2.75) is 23.9 Å². The quantitative estimate of drug-likeness (QED) is 0.555. The standard InChI is InChI=1S/C20H20N2O2S2/c1-3-24-18-10-8-17(9-11-18)22-19(23)16-6-4-15(5-7-16)13-26-20-21-14(2)12-25-20/h4-12H,3,13H2,1-2H3,(H,22,23). The van der Waals surface area contributed by atoms with Gasteiger partial charge in [-0.05, 0) is 55.8 Å². The van der Waals surface area contributed by atoms with Gasteiger partial charge in [-0.1, -0.05) is 23.9 Å². The highest BCUT2D eigenvalue weighted by molar-refractivity contribution is 8.00. The van der Waals surface area contributed by atoms with Crippen LogP contribution in [0, 0.1) is 6.92 Å². The molecule has 0 aliphatic rings. The molecule has 0 spiro atoms. The fourth-order valence-corrected chi connectivity index (χ4v) is 4.11. The minimum atomic E-state index is -0.121. The Balaban J connectivity index is 1.56. The third-order valence-electron chi connectivity index (χ3n) is 3.60. The first-order valence-corrected chi connectivity index (χ1v) is 10.2. The Morgan fingerprint density at radius 2 is 1.88 bits per heavy atom. The number of aromatic nitrogens is 1. The van der Waals surface area contributed by atoms with Crippen LogP contribution in [0.2, 0.25) is 0 Å². The molecule has 1 aromatic heterocycles. The van der Waals surface area contributed by atoms with Gasteiger partial charge in [-0.25, -0.2) is 4.98 Å². The zero-order chi connectivity index (χ0) is 18.4. The molecule has 3 aromatic rings. The maximum absolute atomic E-state index is 12.4. The van der Waals surface area contributed by atoms with Crippen molar-refractivity contribution in [1.82, 2.24) is 4.98 Å². The van der Waals surface area contributed by atoms with Crippen molar-refractivity contribution in [2.75, 3.05) is 11.9 Å². The molecule has 0 fully saturated rings. The van der Waals surface area contributed by atoms with Crippen LogP contribution < -0.4 is 10.1 Å². The molecule has 0 unspecified atom stereocenters. The Morgan fingerprint density at radius 3 is 2.50 bits per heavy atom. The lowest BCUT2D eigenvalue weighted by Gasteiger charge is -2.08. The molecule has 0 bridgehead atoms. The summed E-state index contributed by atoms with van der Waals surface area (Å²) >= 11 is 3.37. The summed E-state index contributed by atoms with van der Waals surface area (Å²) < 4.78 is 6.47. The number of nitrogens with one attached hydrogen (secondary N) is 1. The molecule has 0 saturated carbocycles. The van der Waals surface area contributed by atoms with Crippen LogP contribution in [0.5, 0.6) is 5.75 Å². The monoisotopic (exact) mass is 384 g/mol. The fraction of sp³-hybridized carbons (Fsp3) is 0.200. The van der Waals surface area contributed by atoms with E-state index < -0.39 is 0 Å². The van der Waals surface area contributed by atoms with Crippen LogP contribution in [0.1, 0.15) is 28.5 Å². The number of benzene rings is 2. The minimum absolute atomic E-state index is 0.121. The molecule has 0 atom stereocenters. The van der Waals surface area contributed by atoms with Crippen LogP contribution in [-0.4, -0.2) is 17.5 Å². The molecule has 26 heavy (non-hydrogen) atoms. The van der Waals surface area contributed by atoms with Gasteiger partial charge in [-0.3, -0.25) is 4.79 Å². The molecule has 3 rings (SSSR count). The number of thiazole rings is 1. The second kappa shape index (κ2) is 8.87. The van der Waals surface area contributed by atoms with Gasteiger partial charge in [0.05, 0.1) is 6.61 Å². The van der Waals surface area contributed by atoms with E-state index in [1.165, 1.54) is 5.56 Å². The van der Waals surface area contributed by atoms with Crippen molar-refractivity contribution < 1.29 is 9.53 Å². The van der Waals surface area contributed by atoms with Crippen LogP contribution >= 0.6 is 23.1 Å². The predicted octanol–water partition coefficient (Wildman–Crippen LogP) is 5.39. The molecule has 0 radical (unpaired) electrons. The van der Waals surface area contributed by atoms with Crippen LogP contribution in [0.15, 0.2) is 58.3 Å². The number of hydrogen-bond acceptors (Lipinski definition) is 5. The summed E-state index contributed by atoms with van der Waals surface area (Å²) in [5.41, 5.74) is 3.61. The number of ether oxygens (including phenoxy) is 1. The van der Waals surface area contributed by atoms with E-state index in [0.717, 1.165) is 27.2 Å². The largest absolute Gasteiger partial charge is 0.494 e. The summed E-state index contributed by atoms with van der Waals surface area (Å²) in [4.78, 5) is 16.8. The SMILES string of the molecule is CCOc1ccc(NC(=O)c2ccc(CSc3nc(C)cs3)cc2)cc1. The lowest BCUT2D eigenvalue weighted by atomic mass is 10.1. The summed E-state index contributed by atoms with van der Waals surface area (Å²) in [6.45, 7) is 4.56. The second-order valence-electron chi connectivity index (χ2n) is 5.65. The van der Waals surface area contributed by atoms with Gasteiger partial charge in [-0.15, -0.1) is 11.3 Å². The van der Waals surface area contributed by atoms with Gasteiger partial charge < -0.3 is 10.1 Å². The zero-order valence-electron chi connectivity index (χ0n) is 14.7. The molecule has 1 heterocycles. The maximum atomic E-state index is 12.4. The Kier molecular flexibility index (Phi) is 6.30. The number of carbonyl (C=O) groups is 1. The third kappa shape index (κ3) is 5.09. The molecular formula is C20H20N2O2S2. The number of hydrogen-bond donors (Lipinski definition) is 1. The van der Waals surface area contributed by atoms with E-state index in [1.807, 2.05) is 62.4 Å². The van der Waals surface area contributed by atoms with Gasteiger partial charge in [0.25, 0.3) is 5.91 Å². The summed E-state index contributed by atoms with van der Waals surface area (Å²) in [5.74, 6) is 1.51. The molecule has 1 amide bonds. The lowest BCUT2D eigenvalue weighted by molar-refractivity contribution is 0.102. The highest BCUT2D eigenvalue weighted by Crippen LogP contribution is 2.26. The van der Waals surface area contributed by atoms with Gasteiger partial charge in [0.2, 0.25) is 0 Å². The molecular weight excluding hydrogens is 364 g/mol. The maximum Gasteiger partial charge on any atom is 0.255 e. The Bertz CT molecular complexity index is 858. The van der Waals surface area contributed by atoms with Crippen LogP contribution in [0.3, 0.4) is 0 Å².